The largest absolute Gasteiger partial charge is 0.444 e. The molecule has 1 aromatic heterocycles. The second-order valence-electron chi connectivity index (χ2n) is 3.74. The number of aliphatic hydroxyl groups excluding tert-OH is 1. The highest BCUT2D eigenvalue weighted by molar-refractivity contribution is 5.83. The lowest BCUT2D eigenvalue weighted by Gasteiger charge is -2.06. The Kier molecular flexibility index (Phi) is 4.41. The van der Waals surface area contributed by atoms with Crippen molar-refractivity contribution in [2.24, 2.45) is 0 Å². The van der Waals surface area contributed by atoms with Gasteiger partial charge in [-0.05, 0) is 5.56 Å². The molecule has 0 fully saturated rings. The van der Waals surface area contributed by atoms with E-state index in [1.54, 1.807) is 0 Å². The summed E-state index contributed by atoms with van der Waals surface area (Å²) in [6.45, 7) is -0.0269. The molecule has 2 rings (SSSR count). The Bertz CT molecular complexity index is 546. The van der Waals surface area contributed by atoms with E-state index in [-0.39, 0.29) is 19.0 Å². The topological polar surface area (TPSA) is 84.3 Å². The van der Waals surface area contributed by atoms with Gasteiger partial charge in [-0.3, -0.25) is 5.32 Å². The van der Waals surface area contributed by atoms with Gasteiger partial charge in [0.2, 0.25) is 0 Å². The van der Waals surface area contributed by atoms with Crippen LogP contribution in [0.25, 0.3) is 0 Å². The van der Waals surface area contributed by atoms with Crippen LogP contribution < -0.4 is 5.32 Å². The van der Waals surface area contributed by atoms with Crippen LogP contribution in [0.5, 0.6) is 0 Å². The van der Waals surface area contributed by atoms with E-state index in [9.17, 15) is 4.79 Å². The van der Waals surface area contributed by atoms with Crippen molar-refractivity contribution in [3.8, 4) is 0 Å². The third-order valence-corrected chi connectivity index (χ3v) is 2.33. The number of hydrogen-bond acceptors (Lipinski definition) is 5. The summed E-state index contributed by atoms with van der Waals surface area (Å²) in [5.74, 6) is 0.289. The minimum atomic E-state index is -0.605. The number of aromatic nitrogens is 2. The van der Waals surface area contributed by atoms with Gasteiger partial charge in [0.1, 0.15) is 18.8 Å². The molecule has 0 atom stereocenters. The summed E-state index contributed by atoms with van der Waals surface area (Å²) < 4.78 is 5.03. The highest BCUT2D eigenvalue weighted by Gasteiger charge is 2.05. The molecule has 1 heterocycles. The van der Waals surface area contributed by atoms with Gasteiger partial charge in [0, 0.05) is 6.07 Å². The number of carbonyl (C=O) groups is 1. The molecular weight excluding hydrogens is 246 g/mol. The third kappa shape index (κ3) is 4.04. The number of aliphatic hydroxyl groups is 1. The zero-order valence-corrected chi connectivity index (χ0v) is 10.1. The average Bonchev–Trinajstić information content (AvgIpc) is 2.46. The average molecular weight is 259 g/mol. The number of anilines is 1. The molecular formula is C13H13N3O3. The molecule has 0 aliphatic rings. The maximum absolute atomic E-state index is 11.5. The van der Waals surface area contributed by atoms with Crippen LogP contribution in [-0.2, 0) is 18.0 Å². The monoisotopic (exact) mass is 259 g/mol. The van der Waals surface area contributed by atoms with Crippen molar-refractivity contribution < 1.29 is 14.6 Å². The molecule has 98 valence electrons. The first kappa shape index (κ1) is 13.0. The third-order valence-electron chi connectivity index (χ3n) is 2.33. The summed E-state index contributed by atoms with van der Waals surface area (Å²) in [7, 11) is 0. The van der Waals surface area contributed by atoms with Crippen molar-refractivity contribution in [2.75, 3.05) is 5.32 Å². The number of nitrogens with one attached hydrogen (secondary N) is 1. The van der Waals surface area contributed by atoms with Crippen molar-refractivity contribution >= 4 is 11.9 Å². The molecule has 6 nitrogen and oxygen atoms in total. The number of nitrogens with zero attached hydrogens (tertiary/aromatic N) is 2. The van der Waals surface area contributed by atoms with Crippen LogP contribution in [0.4, 0.5) is 10.6 Å². The SMILES string of the molecule is O=C(Nc1cc(CO)ncn1)OCc1ccccc1. The van der Waals surface area contributed by atoms with Gasteiger partial charge in [-0.2, -0.15) is 0 Å². The highest BCUT2D eigenvalue weighted by atomic mass is 16.5. The Hall–Kier alpha value is -2.47. The first-order valence-corrected chi connectivity index (χ1v) is 5.67. The van der Waals surface area contributed by atoms with Gasteiger partial charge >= 0.3 is 6.09 Å². The minimum Gasteiger partial charge on any atom is -0.444 e. The Morgan fingerprint density at radius 1 is 1.26 bits per heavy atom. The van der Waals surface area contributed by atoms with Crippen molar-refractivity contribution in [1.29, 1.82) is 0 Å². The fraction of sp³-hybridized carbons (Fsp3) is 0.154. The fourth-order valence-corrected chi connectivity index (χ4v) is 1.42. The van der Waals surface area contributed by atoms with Gasteiger partial charge in [0.25, 0.3) is 0 Å². The summed E-state index contributed by atoms with van der Waals surface area (Å²) in [5.41, 5.74) is 1.32. The van der Waals surface area contributed by atoms with Crippen molar-refractivity contribution in [2.45, 2.75) is 13.2 Å². The first-order valence-electron chi connectivity index (χ1n) is 5.67. The lowest BCUT2D eigenvalue weighted by molar-refractivity contribution is 0.155. The predicted molar refractivity (Wildman–Crippen MR) is 68.2 cm³/mol. The minimum absolute atomic E-state index is 0.185. The quantitative estimate of drug-likeness (QED) is 0.873. The van der Waals surface area contributed by atoms with Gasteiger partial charge in [0.15, 0.2) is 0 Å². The second-order valence-corrected chi connectivity index (χ2v) is 3.74. The van der Waals surface area contributed by atoms with Gasteiger partial charge < -0.3 is 9.84 Å². The molecule has 1 amide bonds. The zero-order chi connectivity index (χ0) is 13.5. The van der Waals surface area contributed by atoms with E-state index >= 15 is 0 Å². The molecule has 0 saturated heterocycles. The Morgan fingerprint density at radius 3 is 2.79 bits per heavy atom. The molecule has 0 aliphatic carbocycles. The highest BCUT2D eigenvalue weighted by Crippen LogP contribution is 2.06. The first-order chi connectivity index (χ1) is 9.28. The molecule has 0 aliphatic heterocycles. The van der Waals surface area contributed by atoms with Crippen LogP contribution in [-0.4, -0.2) is 21.2 Å². The molecule has 0 radical (unpaired) electrons. The Balaban J connectivity index is 1.87. The van der Waals surface area contributed by atoms with Crippen molar-refractivity contribution in [3.63, 3.8) is 0 Å². The van der Waals surface area contributed by atoms with Gasteiger partial charge in [0.05, 0.1) is 12.3 Å². The van der Waals surface area contributed by atoms with Crippen LogP contribution in [0.1, 0.15) is 11.3 Å². The van der Waals surface area contributed by atoms with Crippen LogP contribution >= 0.6 is 0 Å². The van der Waals surface area contributed by atoms with E-state index in [4.69, 9.17) is 9.84 Å². The molecule has 2 N–H and O–H groups in total. The van der Waals surface area contributed by atoms with E-state index in [2.05, 4.69) is 15.3 Å². The molecule has 19 heavy (non-hydrogen) atoms. The van der Waals surface area contributed by atoms with Crippen molar-refractivity contribution in [3.05, 3.63) is 54.0 Å². The van der Waals surface area contributed by atoms with E-state index in [0.29, 0.717) is 5.69 Å². The molecule has 1 aromatic carbocycles. The van der Waals surface area contributed by atoms with Gasteiger partial charge in [-0.1, -0.05) is 30.3 Å². The van der Waals surface area contributed by atoms with Crippen LogP contribution in [0.2, 0.25) is 0 Å². The Morgan fingerprint density at radius 2 is 2.05 bits per heavy atom. The normalized spacial score (nSPS) is 9.95. The molecule has 0 saturated carbocycles. The standard InChI is InChI=1S/C13H13N3O3/c17-7-11-6-12(15-9-14-11)16-13(18)19-8-10-4-2-1-3-5-10/h1-6,9,17H,7-8H2,(H,14,15,16,18). The van der Waals surface area contributed by atoms with E-state index < -0.39 is 6.09 Å². The maximum Gasteiger partial charge on any atom is 0.413 e. The molecule has 2 aromatic rings. The van der Waals surface area contributed by atoms with Gasteiger partial charge in [-0.25, -0.2) is 14.8 Å². The lowest BCUT2D eigenvalue weighted by Crippen LogP contribution is -2.14. The Labute approximate surface area is 110 Å². The number of hydrogen-bond donors (Lipinski definition) is 2. The second kappa shape index (κ2) is 6.46. The number of rotatable bonds is 4. The van der Waals surface area contributed by atoms with E-state index in [1.807, 2.05) is 30.3 Å². The molecule has 0 spiro atoms. The van der Waals surface area contributed by atoms with E-state index in [1.165, 1.54) is 12.4 Å². The smallest absolute Gasteiger partial charge is 0.413 e. The fourth-order valence-electron chi connectivity index (χ4n) is 1.42. The van der Waals surface area contributed by atoms with Crippen LogP contribution in [0.3, 0.4) is 0 Å². The maximum atomic E-state index is 11.5. The van der Waals surface area contributed by atoms with Crippen LogP contribution in [0, 0.1) is 0 Å². The molecule has 0 unspecified atom stereocenters. The zero-order valence-electron chi connectivity index (χ0n) is 10.1. The summed E-state index contributed by atoms with van der Waals surface area (Å²) in [6, 6.07) is 10.8. The molecule has 0 bridgehead atoms. The van der Waals surface area contributed by atoms with E-state index in [0.717, 1.165) is 5.56 Å². The summed E-state index contributed by atoms with van der Waals surface area (Å²) in [4.78, 5) is 19.2. The van der Waals surface area contributed by atoms with Crippen molar-refractivity contribution in [1.82, 2.24) is 9.97 Å². The summed E-state index contributed by atoms with van der Waals surface area (Å²) in [6.07, 6.45) is 0.657. The predicted octanol–water partition coefficient (Wildman–Crippen LogP) is 1.72. The summed E-state index contributed by atoms with van der Waals surface area (Å²) >= 11 is 0. The number of ether oxygens (including phenoxy) is 1. The number of benzene rings is 1. The van der Waals surface area contributed by atoms with Crippen LogP contribution in [0.15, 0.2) is 42.7 Å². The summed E-state index contributed by atoms with van der Waals surface area (Å²) in [5, 5.41) is 11.4. The number of amides is 1. The van der Waals surface area contributed by atoms with Gasteiger partial charge in [-0.15, -0.1) is 0 Å². The molecule has 6 heteroatoms. The lowest BCUT2D eigenvalue weighted by atomic mass is 10.2. The number of carbonyl (C=O) groups excluding carboxylic acids is 1.